The quantitative estimate of drug-likeness (QED) is 0.910. The number of anilines is 1. The second-order valence-corrected chi connectivity index (χ2v) is 5.28. The van der Waals surface area contributed by atoms with Crippen LogP contribution in [0, 0.1) is 0 Å². The first-order valence-electron chi connectivity index (χ1n) is 6.58. The van der Waals surface area contributed by atoms with E-state index in [2.05, 4.69) is 11.4 Å². The maximum atomic E-state index is 10.7. The third kappa shape index (κ3) is 2.23. The highest BCUT2D eigenvalue weighted by atomic mass is 35.5. The molecule has 2 aromatic rings. The van der Waals surface area contributed by atoms with Gasteiger partial charge in [0.1, 0.15) is 11.9 Å². The molecule has 0 saturated heterocycles. The number of fused-ring (bicyclic) bond motifs is 1. The molecule has 0 aliphatic carbocycles. The normalized spacial score (nSPS) is 14.6. The summed E-state index contributed by atoms with van der Waals surface area (Å²) in [5, 5.41) is 14.6. The van der Waals surface area contributed by atoms with Crippen LogP contribution >= 0.6 is 11.6 Å². The summed E-state index contributed by atoms with van der Waals surface area (Å²) in [5.74, 6) is 0.637. The van der Waals surface area contributed by atoms with E-state index in [0.29, 0.717) is 16.3 Å². The zero-order chi connectivity index (χ0) is 14.1. The fraction of sp³-hybridized carbons (Fsp3) is 0.250. The number of hydrogen-bond acceptors (Lipinski definition) is 3. The molecule has 1 unspecified atom stereocenters. The van der Waals surface area contributed by atoms with Crippen molar-refractivity contribution in [1.29, 1.82) is 0 Å². The largest absolute Gasteiger partial charge is 0.496 e. The lowest BCUT2D eigenvalue weighted by molar-refractivity contribution is 0.215. The topological polar surface area (TPSA) is 41.5 Å². The molecule has 3 nitrogen and oxygen atoms in total. The third-order valence-corrected chi connectivity index (χ3v) is 3.90. The summed E-state index contributed by atoms with van der Waals surface area (Å²) in [6.07, 6.45) is 0.229. The van der Waals surface area contributed by atoms with Gasteiger partial charge in [0.15, 0.2) is 0 Å². The maximum absolute atomic E-state index is 10.7. The minimum absolute atomic E-state index is 0.584. The number of halogens is 1. The molecule has 20 heavy (non-hydrogen) atoms. The van der Waals surface area contributed by atoms with Crippen molar-refractivity contribution in [2.45, 2.75) is 12.5 Å². The second-order valence-electron chi connectivity index (χ2n) is 4.85. The summed E-state index contributed by atoms with van der Waals surface area (Å²) in [5.41, 5.74) is 3.81. The minimum atomic E-state index is -0.760. The Morgan fingerprint density at radius 1 is 1.25 bits per heavy atom. The Morgan fingerprint density at radius 3 is 2.90 bits per heavy atom. The minimum Gasteiger partial charge on any atom is -0.496 e. The molecule has 0 fully saturated rings. The molecule has 1 aliphatic heterocycles. The van der Waals surface area contributed by atoms with E-state index in [1.807, 2.05) is 12.1 Å². The van der Waals surface area contributed by atoms with Crippen LogP contribution < -0.4 is 10.1 Å². The molecule has 0 aromatic heterocycles. The van der Waals surface area contributed by atoms with Crippen LogP contribution in [0.4, 0.5) is 5.69 Å². The van der Waals surface area contributed by atoms with Gasteiger partial charge in [0, 0.05) is 28.4 Å². The number of ether oxygens (including phenoxy) is 1. The van der Waals surface area contributed by atoms with Gasteiger partial charge < -0.3 is 15.2 Å². The summed E-state index contributed by atoms with van der Waals surface area (Å²) >= 11 is 6.04. The van der Waals surface area contributed by atoms with Crippen molar-refractivity contribution in [1.82, 2.24) is 0 Å². The van der Waals surface area contributed by atoms with Crippen LogP contribution in [0.1, 0.15) is 22.8 Å². The van der Waals surface area contributed by atoms with E-state index in [0.717, 1.165) is 24.2 Å². The molecular formula is C16H16ClNO2. The molecule has 3 rings (SSSR count). The Morgan fingerprint density at radius 2 is 2.10 bits per heavy atom. The second kappa shape index (κ2) is 5.35. The summed E-state index contributed by atoms with van der Waals surface area (Å²) < 4.78 is 5.32. The van der Waals surface area contributed by atoms with Gasteiger partial charge in [0.25, 0.3) is 0 Å². The number of aliphatic hydroxyl groups excluding tert-OH is 1. The van der Waals surface area contributed by atoms with E-state index in [1.54, 1.807) is 25.3 Å². The summed E-state index contributed by atoms with van der Waals surface area (Å²) in [7, 11) is 1.59. The Kier molecular flexibility index (Phi) is 3.55. The van der Waals surface area contributed by atoms with Crippen LogP contribution in [-0.4, -0.2) is 18.8 Å². The number of para-hydroxylation sites is 1. The molecule has 1 aliphatic rings. The van der Waals surface area contributed by atoms with Gasteiger partial charge in [0.2, 0.25) is 0 Å². The molecule has 2 N–H and O–H groups in total. The molecule has 0 spiro atoms. The first kappa shape index (κ1) is 13.3. The highest BCUT2D eigenvalue weighted by Gasteiger charge is 2.22. The Balaban J connectivity index is 2.07. The number of hydrogen-bond donors (Lipinski definition) is 2. The highest BCUT2D eigenvalue weighted by Crippen LogP contribution is 2.37. The molecule has 0 radical (unpaired) electrons. The number of nitrogens with one attached hydrogen (secondary N) is 1. The van der Waals surface area contributed by atoms with Crippen LogP contribution in [0.5, 0.6) is 5.75 Å². The van der Waals surface area contributed by atoms with Crippen molar-refractivity contribution in [3.63, 3.8) is 0 Å². The first-order chi connectivity index (χ1) is 9.70. The van der Waals surface area contributed by atoms with Gasteiger partial charge in [-0.3, -0.25) is 0 Å². The van der Waals surface area contributed by atoms with Crippen molar-refractivity contribution in [3.05, 3.63) is 58.1 Å². The van der Waals surface area contributed by atoms with Gasteiger partial charge in [-0.2, -0.15) is 0 Å². The maximum Gasteiger partial charge on any atom is 0.125 e. The highest BCUT2D eigenvalue weighted by molar-refractivity contribution is 6.30. The van der Waals surface area contributed by atoms with E-state index < -0.39 is 6.10 Å². The van der Waals surface area contributed by atoms with Crippen LogP contribution in [0.25, 0.3) is 0 Å². The van der Waals surface area contributed by atoms with Crippen LogP contribution in [0.15, 0.2) is 36.4 Å². The van der Waals surface area contributed by atoms with Crippen LogP contribution in [0.3, 0.4) is 0 Å². The van der Waals surface area contributed by atoms with Crippen molar-refractivity contribution in [2.24, 2.45) is 0 Å². The van der Waals surface area contributed by atoms with Gasteiger partial charge in [-0.1, -0.05) is 29.8 Å². The molecule has 0 amide bonds. The summed E-state index contributed by atoms with van der Waals surface area (Å²) in [4.78, 5) is 0. The molecule has 0 saturated carbocycles. The lowest BCUT2D eigenvalue weighted by Gasteiger charge is -2.18. The van der Waals surface area contributed by atoms with Gasteiger partial charge in [0.05, 0.1) is 7.11 Å². The predicted octanol–water partition coefficient (Wildman–Crippen LogP) is 3.40. The van der Waals surface area contributed by atoms with Crippen LogP contribution in [0.2, 0.25) is 5.02 Å². The molecule has 2 aromatic carbocycles. The molecule has 1 atom stereocenters. The summed E-state index contributed by atoms with van der Waals surface area (Å²) in [6, 6.07) is 11.3. The number of rotatable bonds is 3. The van der Waals surface area contributed by atoms with Gasteiger partial charge in [-0.15, -0.1) is 0 Å². The first-order valence-corrected chi connectivity index (χ1v) is 6.95. The van der Waals surface area contributed by atoms with Gasteiger partial charge >= 0.3 is 0 Å². The molecular weight excluding hydrogens is 274 g/mol. The Labute approximate surface area is 123 Å². The lowest BCUT2D eigenvalue weighted by Crippen LogP contribution is -2.05. The molecule has 4 heteroatoms. The van der Waals surface area contributed by atoms with Crippen molar-refractivity contribution >= 4 is 17.3 Å². The molecule has 0 bridgehead atoms. The average Bonchev–Trinajstić information content (AvgIpc) is 2.94. The third-order valence-electron chi connectivity index (χ3n) is 3.66. The molecule has 104 valence electrons. The summed E-state index contributed by atoms with van der Waals surface area (Å²) in [6.45, 7) is 0.908. The number of benzene rings is 2. The van der Waals surface area contributed by atoms with E-state index in [1.165, 1.54) is 5.56 Å². The van der Waals surface area contributed by atoms with Crippen molar-refractivity contribution < 1.29 is 9.84 Å². The van der Waals surface area contributed by atoms with E-state index in [9.17, 15) is 5.11 Å². The standard InChI is InChI=1S/C16H16ClNO2/c1-20-14-6-5-11(17)9-13(14)16(19)12-4-2-3-10-7-8-18-15(10)12/h2-6,9,16,18-19H,7-8H2,1H3. The molecule has 1 heterocycles. The monoisotopic (exact) mass is 289 g/mol. The smallest absolute Gasteiger partial charge is 0.125 e. The number of aliphatic hydroxyl groups is 1. The Hall–Kier alpha value is -1.71. The lowest BCUT2D eigenvalue weighted by atomic mass is 9.97. The number of methoxy groups -OCH3 is 1. The Bertz CT molecular complexity index is 640. The predicted molar refractivity (Wildman–Crippen MR) is 80.7 cm³/mol. The van der Waals surface area contributed by atoms with Crippen molar-refractivity contribution in [3.8, 4) is 5.75 Å². The van der Waals surface area contributed by atoms with Crippen LogP contribution in [-0.2, 0) is 6.42 Å². The van der Waals surface area contributed by atoms with E-state index >= 15 is 0 Å². The SMILES string of the molecule is COc1ccc(Cl)cc1C(O)c1cccc2c1NCC2. The van der Waals surface area contributed by atoms with Crippen molar-refractivity contribution in [2.75, 3.05) is 19.0 Å². The van der Waals surface area contributed by atoms with Gasteiger partial charge in [-0.05, 0) is 30.2 Å². The zero-order valence-corrected chi connectivity index (χ0v) is 11.9. The van der Waals surface area contributed by atoms with Gasteiger partial charge in [-0.25, -0.2) is 0 Å². The fourth-order valence-electron chi connectivity index (χ4n) is 2.68. The van der Waals surface area contributed by atoms with E-state index in [-0.39, 0.29) is 0 Å². The average molecular weight is 290 g/mol. The van der Waals surface area contributed by atoms with E-state index in [4.69, 9.17) is 16.3 Å². The zero-order valence-electron chi connectivity index (χ0n) is 11.2. The fourth-order valence-corrected chi connectivity index (χ4v) is 2.86.